The minimum Gasteiger partial charge on any atom is -0.335 e. The predicted octanol–water partition coefficient (Wildman–Crippen LogP) is 1.86. The molecule has 0 aliphatic heterocycles. The lowest BCUT2D eigenvalue weighted by atomic mass is 10.3. The van der Waals surface area contributed by atoms with Gasteiger partial charge in [-0.15, -0.1) is 13.2 Å². The molecule has 4 heteroatoms. The first-order valence-electron chi connectivity index (χ1n) is 4.74. The third-order valence-electron chi connectivity index (χ3n) is 1.67. The van der Waals surface area contributed by atoms with E-state index >= 15 is 0 Å². The average Bonchev–Trinajstić information content (AvgIpc) is 2.16. The number of amides is 1. The van der Waals surface area contributed by atoms with Crippen molar-refractivity contribution in [2.24, 2.45) is 0 Å². The molecule has 0 unspecified atom stereocenters. The first kappa shape index (κ1) is 14.0. The highest BCUT2D eigenvalue weighted by Gasteiger charge is 2.10. The van der Waals surface area contributed by atoms with Crippen LogP contribution in [0.2, 0.25) is 0 Å². The SMILES string of the molecule is C=CCN(CC=C)C(=O)CCSC(C)=O. The maximum absolute atomic E-state index is 11.6. The molecular formula is C11H17NO2S. The Kier molecular flexibility index (Phi) is 7.72. The molecule has 3 nitrogen and oxygen atoms in total. The highest BCUT2D eigenvalue weighted by molar-refractivity contribution is 8.13. The number of rotatable bonds is 7. The summed E-state index contributed by atoms with van der Waals surface area (Å²) >= 11 is 1.18. The van der Waals surface area contributed by atoms with Crippen molar-refractivity contribution in [1.29, 1.82) is 0 Å². The van der Waals surface area contributed by atoms with E-state index in [-0.39, 0.29) is 11.0 Å². The lowest BCUT2D eigenvalue weighted by molar-refractivity contribution is -0.129. The van der Waals surface area contributed by atoms with Crippen LogP contribution in [0.1, 0.15) is 13.3 Å². The zero-order chi connectivity index (χ0) is 11.7. The second-order valence-corrected chi connectivity index (χ2v) is 4.24. The van der Waals surface area contributed by atoms with Gasteiger partial charge in [-0.25, -0.2) is 0 Å². The van der Waals surface area contributed by atoms with Crippen LogP contribution < -0.4 is 0 Å². The molecule has 0 aromatic rings. The van der Waals surface area contributed by atoms with Crippen LogP contribution in [0.4, 0.5) is 0 Å². The van der Waals surface area contributed by atoms with E-state index in [1.165, 1.54) is 18.7 Å². The summed E-state index contributed by atoms with van der Waals surface area (Å²) in [5.74, 6) is 0.572. The minimum absolute atomic E-state index is 0.0311. The summed E-state index contributed by atoms with van der Waals surface area (Å²) in [6.45, 7) is 9.72. The monoisotopic (exact) mass is 227 g/mol. The molecule has 0 atom stereocenters. The Balaban J connectivity index is 3.95. The van der Waals surface area contributed by atoms with Crippen LogP contribution in [0.25, 0.3) is 0 Å². The van der Waals surface area contributed by atoms with Gasteiger partial charge in [0.2, 0.25) is 5.91 Å². The molecule has 0 spiro atoms. The van der Waals surface area contributed by atoms with Gasteiger partial charge < -0.3 is 4.90 Å². The fourth-order valence-electron chi connectivity index (χ4n) is 1.03. The number of carbonyl (C=O) groups excluding carboxylic acids is 2. The first-order chi connectivity index (χ1) is 7.11. The molecule has 0 rings (SSSR count). The summed E-state index contributed by atoms with van der Waals surface area (Å²) in [6.07, 6.45) is 3.74. The van der Waals surface area contributed by atoms with Gasteiger partial charge in [0.25, 0.3) is 0 Å². The average molecular weight is 227 g/mol. The van der Waals surface area contributed by atoms with Crippen molar-refractivity contribution in [3.05, 3.63) is 25.3 Å². The first-order valence-corrected chi connectivity index (χ1v) is 5.73. The standard InChI is InChI=1S/C11H17NO2S/c1-4-7-12(8-5-2)11(14)6-9-15-10(3)13/h4-5H,1-2,6-9H2,3H3. The maximum Gasteiger partial charge on any atom is 0.223 e. The molecule has 15 heavy (non-hydrogen) atoms. The molecule has 0 radical (unpaired) electrons. The lowest BCUT2D eigenvalue weighted by Gasteiger charge is -2.18. The molecule has 0 saturated carbocycles. The van der Waals surface area contributed by atoms with Crippen LogP contribution in [0.3, 0.4) is 0 Å². The van der Waals surface area contributed by atoms with Crippen LogP contribution in [-0.4, -0.2) is 34.8 Å². The van der Waals surface area contributed by atoms with Gasteiger partial charge in [0.1, 0.15) is 0 Å². The Morgan fingerprint density at radius 2 is 1.80 bits per heavy atom. The van der Waals surface area contributed by atoms with Gasteiger partial charge in [-0.1, -0.05) is 23.9 Å². The Hall–Kier alpha value is -1.03. The summed E-state index contributed by atoms with van der Waals surface area (Å²) < 4.78 is 0. The van der Waals surface area contributed by atoms with Crippen molar-refractivity contribution >= 4 is 22.8 Å². The summed E-state index contributed by atoms with van der Waals surface area (Å²) in [7, 11) is 0. The Labute approximate surface area is 95.2 Å². The van der Waals surface area contributed by atoms with E-state index in [2.05, 4.69) is 13.2 Å². The van der Waals surface area contributed by atoms with E-state index in [0.717, 1.165) is 0 Å². The highest BCUT2D eigenvalue weighted by Crippen LogP contribution is 2.05. The van der Waals surface area contributed by atoms with Crippen LogP contribution in [0.5, 0.6) is 0 Å². The zero-order valence-corrected chi connectivity index (χ0v) is 9.89. The number of hydrogen-bond donors (Lipinski definition) is 0. The van der Waals surface area contributed by atoms with Crippen molar-refractivity contribution in [2.75, 3.05) is 18.8 Å². The van der Waals surface area contributed by atoms with Gasteiger partial charge >= 0.3 is 0 Å². The molecule has 1 amide bonds. The van der Waals surface area contributed by atoms with E-state index in [0.29, 0.717) is 25.3 Å². The second-order valence-electron chi connectivity index (χ2n) is 2.97. The van der Waals surface area contributed by atoms with Crippen molar-refractivity contribution in [3.63, 3.8) is 0 Å². The van der Waals surface area contributed by atoms with Gasteiger partial charge in [0.05, 0.1) is 0 Å². The van der Waals surface area contributed by atoms with E-state index in [4.69, 9.17) is 0 Å². The van der Waals surface area contributed by atoms with Gasteiger partial charge in [-0.05, 0) is 0 Å². The van der Waals surface area contributed by atoms with Crippen molar-refractivity contribution < 1.29 is 9.59 Å². The third-order valence-corrected chi connectivity index (χ3v) is 2.49. The molecule has 0 bridgehead atoms. The second kappa shape index (κ2) is 8.29. The van der Waals surface area contributed by atoms with Crippen molar-refractivity contribution in [1.82, 2.24) is 4.90 Å². The quantitative estimate of drug-likeness (QED) is 0.623. The molecule has 0 N–H and O–H groups in total. The molecule has 0 fully saturated rings. The van der Waals surface area contributed by atoms with E-state index < -0.39 is 0 Å². The van der Waals surface area contributed by atoms with Crippen molar-refractivity contribution in [3.8, 4) is 0 Å². The molecule has 0 aromatic carbocycles. The summed E-state index contributed by atoms with van der Waals surface area (Å²) in [5, 5.41) is 0.0433. The zero-order valence-electron chi connectivity index (χ0n) is 9.07. The van der Waals surface area contributed by atoms with E-state index in [1.807, 2.05) is 0 Å². The minimum atomic E-state index is 0.0311. The van der Waals surface area contributed by atoms with Gasteiger partial charge in [0.15, 0.2) is 5.12 Å². The fourth-order valence-corrected chi connectivity index (χ4v) is 1.59. The predicted molar refractivity (Wildman–Crippen MR) is 64.7 cm³/mol. The molecule has 84 valence electrons. The van der Waals surface area contributed by atoms with Crippen LogP contribution in [0, 0.1) is 0 Å². The van der Waals surface area contributed by atoms with E-state index in [9.17, 15) is 9.59 Å². The van der Waals surface area contributed by atoms with Gasteiger partial charge in [-0.2, -0.15) is 0 Å². The Morgan fingerprint density at radius 3 is 2.20 bits per heavy atom. The van der Waals surface area contributed by atoms with Gasteiger partial charge in [-0.3, -0.25) is 9.59 Å². The molecule has 0 aliphatic rings. The Bertz CT molecular complexity index is 241. The summed E-state index contributed by atoms with van der Waals surface area (Å²) in [4.78, 5) is 23.9. The Morgan fingerprint density at radius 1 is 1.27 bits per heavy atom. The topological polar surface area (TPSA) is 37.4 Å². The number of carbonyl (C=O) groups is 2. The normalized spacial score (nSPS) is 9.40. The molecule has 0 aromatic heterocycles. The molecule has 0 aliphatic carbocycles. The summed E-state index contributed by atoms with van der Waals surface area (Å²) in [6, 6.07) is 0. The largest absolute Gasteiger partial charge is 0.335 e. The molecule has 0 heterocycles. The number of nitrogens with zero attached hydrogens (tertiary/aromatic N) is 1. The highest BCUT2D eigenvalue weighted by atomic mass is 32.2. The summed E-state index contributed by atoms with van der Waals surface area (Å²) in [5.41, 5.74) is 0. The van der Waals surface area contributed by atoms with E-state index in [1.54, 1.807) is 17.1 Å². The van der Waals surface area contributed by atoms with Crippen LogP contribution in [0.15, 0.2) is 25.3 Å². The number of thioether (sulfide) groups is 1. The lowest BCUT2D eigenvalue weighted by Crippen LogP contribution is -2.31. The third kappa shape index (κ3) is 6.96. The van der Waals surface area contributed by atoms with Gasteiger partial charge in [0, 0.05) is 32.2 Å². The van der Waals surface area contributed by atoms with Crippen LogP contribution in [-0.2, 0) is 9.59 Å². The van der Waals surface area contributed by atoms with Crippen molar-refractivity contribution in [2.45, 2.75) is 13.3 Å². The molecular weight excluding hydrogens is 210 g/mol. The molecule has 0 saturated heterocycles. The number of hydrogen-bond acceptors (Lipinski definition) is 3. The smallest absolute Gasteiger partial charge is 0.223 e. The van der Waals surface area contributed by atoms with Crippen LogP contribution >= 0.6 is 11.8 Å². The fraction of sp³-hybridized carbons (Fsp3) is 0.455. The maximum atomic E-state index is 11.6.